The molecular formula is C11H16FN3O. The van der Waals surface area contributed by atoms with Gasteiger partial charge in [0, 0.05) is 0 Å². The molecule has 0 aliphatic carbocycles. The molecule has 1 aromatic carbocycles. The summed E-state index contributed by atoms with van der Waals surface area (Å²) < 4.78 is 12.6. The van der Waals surface area contributed by atoms with E-state index in [1.807, 2.05) is 6.92 Å². The number of nitrogens with one attached hydrogen (secondary N) is 2. The maximum Gasteiger partial charge on any atom is 0.255 e. The van der Waals surface area contributed by atoms with Gasteiger partial charge in [0.05, 0.1) is 11.7 Å². The van der Waals surface area contributed by atoms with E-state index in [2.05, 4.69) is 10.9 Å². The maximum absolute atomic E-state index is 12.6. The minimum absolute atomic E-state index is 0.272. The van der Waals surface area contributed by atoms with E-state index < -0.39 is 6.04 Å². The molecule has 0 spiro atoms. The number of benzene rings is 1. The van der Waals surface area contributed by atoms with Gasteiger partial charge in [-0.05, 0) is 30.7 Å². The zero-order valence-electron chi connectivity index (χ0n) is 9.16. The Kier molecular flexibility index (Phi) is 4.72. The van der Waals surface area contributed by atoms with Gasteiger partial charge in [0.15, 0.2) is 0 Å². The first-order valence-electron chi connectivity index (χ1n) is 5.20. The Bertz CT molecular complexity index is 340. The lowest BCUT2D eigenvalue weighted by atomic mass is 10.2. The molecule has 0 fully saturated rings. The fourth-order valence-electron chi connectivity index (χ4n) is 1.20. The Morgan fingerprint density at radius 2 is 2.06 bits per heavy atom. The summed E-state index contributed by atoms with van der Waals surface area (Å²) in [6.45, 7) is 1.96. The monoisotopic (exact) mass is 225 g/mol. The molecule has 0 aliphatic rings. The van der Waals surface area contributed by atoms with Gasteiger partial charge < -0.3 is 5.73 Å². The Labute approximate surface area is 94.0 Å². The molecule has 0 aliphatic heterocycles. The van der Waals surface area contributed by atoms with E-state index in [4.69, 9.17) is 5.73 Å². The smallest absolute Gasteiger partial charge is 0.255 e. The highest BCUT2D eigenvalue weighted by atomic mass is 19.1. The summed E-state index contributed by atoms with van der Waals surface area (Å²) in [7, 11) is 0. The second-order valence-electron chi connectivity index (χ2n) is 3.52. The van der Waals surface area contributed by atoms with Gasteiger partial charge in [-0.25, -0.2) is 4.39 Å². The van der Waals surface area contributed by atoms with Crippen molar-refractivity contribution in [2.24, 2.45) is 5.73 Å². The lowest BCUT2D eigenvalue weighted by molar-refractivity contribution is -0.122. The molecule has 0 radical (unpaired) electrons. The van der Waals surface area contributed by atoms with Crippen LogP contribution in [0, 0.1) is 5.82 Å². The van der Waals surface area contributed by atoms with Gasteiger partial charge in [-0.3, -0.25) is 15.6 Å². The van der Waals surface area contributed by atoms with Gasteiger partial charge in [-0.1, -0.05) is 13.3 Å². The molecule has 0 unspecified atom stereocenters. The third-order valence-electron chi connectivity index (χ3n) is 2.11. The van der Waals surface area contributed by atoms with Crippen molar-refractivity contribution in [3.05, 3.63) is 30.1 Å². The highest BCUT2D eigenvalue weighted by molar-refractivity contribution is 5.82. The molecule has 1 rings (SSSR count). The van der Waals surface area contributed by atoms with E-state index in [0.717, 1.165) is 6.42 Å². The van der Waals surface area contributed by atoms with Crippen LogP contribution < -0.4 is 16.6 Å². The number of amides is 1. The average molecular weight is 225 g/mol. The van der Waals surface area contributed by atoms with Crippen LogP contribution in [-0.2, 0) is 4.79 Å². The van der Waals surface area contributed by atoms with Gasteiger partial charge in [0.1, 0.15) is 5.82 Å². The summed E-state index contributed by atoms with van der Waals surface area (Å²) in [4.78, 5) is 11.4. The van der Waals surface area contributed by atoms with Crippen molar-refractivity contribution in [3.63, 3.8) is 0 Å². The van der Waals surface area contributed by atoms with Crippen molar-refractivity contribution in [1.29, 1.82) is 0 Å². The highest BCUT2D eigenvalue weighted by Crippen LogP contribution is 2.06. The van der Waals surface area contributed by atoms with E-state index in [1.165, 1.54) is 24.3 Å². The average Bonchev–Trinajstić information content (AvgIpc) is 2.28. The zero-order valence-corrected chi connectivity index (χ0v) is 9.16. The molecule has 1 amide bonds. The predicted molar refractivity (Wildman–Crippen MR) is 61.0 cm³/mol. The van der Waals surface area contributed by atoms with Crippen molar-refractivity contribution < 1.29 is 9.18 Å². The molecule has 4 N–H and O–H groups in total. The zero-order chi connectivity index (χ0) is 12.0. The Balaban J connectivity index is 2.39. The van der Waals surface area contributed by atoms with Gasteiger partial charge in [-0.15, -0.1) is 0 Å². The number of anilines is 1. The summed E-state index contributed by atoms with van der Waals surface area (Å²) in [5.41, 5.74) is 11.3. The van der Waals surface area contributed by atoms with Crippen molar-refractivity contribution >= 4 is 11.6 Å². The van der Waals surface area contributed by atoms with Crippen molar-refractivity contribution in [3.8, 4) is 0 Å². The lowest BCUT2D eigenvalue weighted by Crippen LogP contribution is -2.43. The van der Waals surface area contributed by atoms with Crippen LogP contribution in [0.3, 0.4) is 0 Å². The third-order valence-corrected chi connectivity index (χ3v) is 2.11. The SMILES string of the molecule is CCC[C@H](N)C(=O)NNc1ccc(F)cc1. The molecule has 5 heteroatoms. The number of carbonyl (C=O) groups excluding carboxylic acids is 1. The molecule has 0 saturated heterocycles. The Morgan fingerprint density at radius 3 is 2.62 bits per heavy atom. The van der Waals surface area contributed by atoms with E-state index >= 15 is 0 Å². The highest BCUT2D eigenvalue weighted by Gasteiger charge is 2.11. The number of carbonyl (C=O) groups is 1. The summed E-state index contributed by atoms with van der Waals surface area (Å²) in [6.07, 6.45) is 1.49. The minimum atomic E-state index is -0.516. The summed E-state index contributed by atoms with van der Waals surface area (Å²) in [5, 5.41) is 0. The van der Waals surface area contributed by atoms with E-state index in [1.54, 1.807) is 0 Å². The third kappa shape index (κ3) is 3.86. The van der Waals surface area contributed by atoms with Crippen LogP contribution in [-0.4, -0.2) is 11.9 Å². The van der Waals surface area contributed by atoms with Crippen LogP contribution in [0.1, 0.15) is 19.8 Å². The predicted octanol–water partition coefficient (Wildman–Crippen LogP) is 1.40. The first-order valence-corrected chi connectivity index (χ1v) is 5.20. The van der Waals surface area contributed by atoms with Gasteiger partial charge >= 0.3 is 0 Å². The van der Waals surface area contributed by atoms with Crippen LogP contribution in [0.25, 0.3) is 0 Å². The van der Waals surface area contributed by atoms with Crippen molar-refractivity contribution in [1.82, 2.24) is 5.43 Å². The van der Waals surface area contributed by atoms with E-state index in [9.17, 15) is 9.18 Å². The van der Waals surface area contributed by atoms with Gasteiger partial charge in [0.2, 0.25) is 0 Å². The van der Waals surface area contributed by atoms with Crippen LogP contribution in [0.15, 0.2) is 24.3 Å². The molecule has 0 bridgehead atoms. The van der Waals surface area contributed by atoms with Gasteiger partial charge in [-0.2, -0.15) is 0 Å². The number of hydrogen-bond donors (Lipinski definition) is 3. The Hall–Kier alpha value is -1.62. The molecule has 88 valence electrons. The van der Waals surface area contributed by atoms with Crippen LogP contribution in [0.5, 0.6) is 0 Å². The number of hydrogen-bond acceptors (Lipinski definition) is 3. The minimum Gasteiger partial charge on any atom is -0.320 e. The molecule has 1 atom stereocenters. The molecule has 16 heavy (non-hydrogen) atoms. The molecule has 0 saturated carbocycles. The van der Waals surface area contributed by atoms with E-state index in [-0.39, 0.29) is 11.7 Å². The molecule has 1 aromatic rings. The maximum atomic E-state index is 12.6. The number of rotatable bonds is 5. The van der Waals surface area contributed by atoms with E-state index in [0.29, 0.717) is 12.1 Å². The summed E-state index contributed by atoms with van der Waals surface area (Å²) in [5.74, 6) is -0.592. The first kappa shape index (κ1) is 12.4. The summed E-state index contributed by atoms with van der Waals surface area (Å²) >= 11 is 0. The van der Waals surface area contributed by atoms with Crippen LogP contribution in [0.4, 0.5) is 10.1 Å². The quantitative estimate of drug-likeness (QED) is 0.663. The number of halogens is 1. The molecular weight excluding hydrogens is 209 g/mol. The Morgan fingerprint density at radius 1 is 1.44 bits per heavy atom. The molecule has 4 nitrogen and oxygen atoms in total. The molecule has 0 heterocycles. The second-order valence-corrected chi connectivity index (χ2v) is 3.52. The van der Waals surface area contributed by atoms with Crippen LogP contribution >= 0.6 is 0 Å². The standard InChI is InChI=1S/C11H16FN3O/c1-2-3-10(13)11(16)15-14-9-6-4-8(12)5-7-9/h4-7,10,14H,2-3,13H2,1H3,(H,15,16)/t10-/m0/s1. The number of nitrogens with two attached hydrogens (primary N) is 1. The molecule has 0 aromatic heterocycles. The summed E-state index contributed by atoms with van der Waals surface area (Å²) in [6, 6.07) is 5.15. The topological polar surface area (TPSA) is 67.2 Å². The van der Waals surface area contributed by atoms with Crippen molar-refractivity contribution in [2.75, 3.05) is 5.43 Å². The fourth-order valence-corrected chi connectivity index (χ4v) is 1.20. The van der Waals surface area contributed by atoms with Gasteiger partial charge in [0.25, 0.3) is 5.91 Å². The van der Waals surface area contributed by atoms with Crippen LogP contribution in [0.2, 0.25) is 0 Å². The fraction of sp³-hybridized carbons (Fsp3) is 0.364. The van der Waals surface area contributed by atoms with Crippen molar-refractivity contribution in [2.45, 2.75) is 25.8 Å². The second kappa shape index (κ2) is 6.07. The largest absolute Gasteiger partial charge is 0.320 e. The lowest BCUT2D eigenvalue weighted by Gasteiger charge is -2.12. The first-order chi connectivity index (χ1) is 7.63. The number of hydrazine groups is 1. The normalized spacial score (nSPS) is 11.9.